The Balaban J connectivity index is 1.65. The molecule has 4 heteroatoms. The summed E-state index contributed by atoms with van der Waals surface area (Å²) >= 11 is 0. The van der Waals surface area contributed by atoms with E-state index in [0.29, 0.717) is 18.2 Å². The fourth-order valence-corrected chi connectivity index (χ4v) is 4.04. The highest BCUT2D eigenvalue weighted by molar-refractivity contribution is 4.98. The van der Waals surface area contributed by atoms with Crippen molar-refractivity contribution in [3.63, 3.8) is 0 Å². The molecule has 104 valence electrons. The lowest BCUT2D eigenvalue weighted by molar-refractivity contribution is -0.0649. The molecular formula is C14H26N2O2. The number of likely N-dealkylation sites (N-methyl/N-ethyl adjacent to an activating group) is 1. The van der Waals surface area contributed by atoms with Crippen molar-refractivity contribution in [2.24, 2.45) is 0 Å². The molecule has 3 fully saturated rings. The Morgan fingerprint density at radius 1 is 1.28 bits per heavy atom. The minimum absolute atomic E-state index is 0.0414. The van der Waals surface area contributed by atoms with Crippen LogP contribution in [0.3, 0.4) is 0 Å². The molecule has 2 bridgehead atoms. The molecule has 0 radical (unpaired) electrons. The molecular weight excluding hydrogens is 228 g/mol. The summed E-state index contributed by atoms with van der Waals surface area (Å²) in [5, 5.41) is 13.0. The van der Waals surface area contributed by atoms with Crippen LogP contribution < -0.4 is 5.32 Å². The number of ether oxygens (including phenoxy) is 1. The van der Waals surface area contributed by atoms with Crippen LogP contribution in [0.15, 0.2) is 0 Å². The molecule has 1 saturated carbocycles. The molecule has 0 aromatic rings. The second-order valence-corrected chi connectivity index (χ2v) is 6.35. The van der Waals surface area contributed by atoms with Gasteiger partial charge in [0.05, 0.1) is 18.8 Å². The molecule has 4 nitrogen and oxygen atoms in total. The summed E-state index contributed by atoms with van der Waals surface area (Å²) in [5.74, 6) is 0. The first-order valence-electron chi connectivity index (χ1n) is 7.44. The molecule has 4 atom stereocenters. The maximum absolute atomic E-state index is 9.67. The van der Waals surface area contributed by atoms with Gasteiger partial charge in [-0.05, 0) is 45.6 Å². The van der Waals surface area contributed by atoms with Crippen LogP contribution >= 0.6 is 0 Å². The first kappa shape index (κ1) is 12.9. The molecule has 2 aliphatic heterocycles. The Morgan fingerprint density at radius 2 is 2.00 bits per heavy atom. The number of hydrogen-bond donors (Lipinski definition) is 2. The van der Waals surface area contributed by atoms with Gasteiger partial charge in [-0.25, -0.2) is 0 Å². The summed E-state index contributed by atoms with van der Waals surface area (Å²) in [5.41, 5.74) is -0.0414. The van der Waals surface area contributed by atoms with Crippen molar-refractivity contribution in [2.75, 3.05) is 26.7 Å². The number of likely N-dealkylation sites (tertiary alicyclic amines) is 1. The highest BCUT2D eigenvalue weighted by atomic mass is 16.5. The molecule has 0 aromatic carbocycles. The number of aliphatic hydroxyl groups excluding tert-OH is 1. The van der Waals surface area contributed by atoms with Gasteiger partial charge in [-0.1, -0.05) is 0 Å². The third-order valence-corrected chi connectivity index (χ3v) is 5.24. The predicted octanol–water partition coefficient (Wildman–Crippen LogP) is 0.743. The van der Waals surface area contributed by atoms with Crippen LogP contribution in [0, 0.1) is 0 Å². The van der Waals surface area contributed by atoms with Gasteiger partial charge >= 0.3 is 0 Å². The summed E-state index contributed by atoms with van der Waals surface area (Å²) < 4.78 is 5.92. The zero-order valence-electron chi connectivity index (χ0n) is 11.4. The van der Waals surface area contributed by atoms with Crippen molar-refractivity contribution in [3.05, 3.63) is 0 Å². The van der Waals surface area contributed by atoms with Gasteiger partial charge < -0.3 is 15.2 Å². The number of aliphatic hydroxyl groups is 1. The topological polar surface area (TPSA) is 44.7 Å². The lowest BCUT2D eigenvalue weighted by Gasteiger charge is -2.46. The highest BCUT2D eigenvalue weighted by Crippen LogP contribution is 2.34. The van der Waals surface area contributed by atoms with Crippen molar-refractivity contribution in [3.8, 4) is 0 Å². The number of nitrogens with one attached hydrogen (secondary N) is 1. The van der Waals surface area contributed by atoms with Crippen LogP contribution in [0.4, 0.5) is 0 Å². The van der Waals surface area contributed by atoms with Crippen molar-refractivity contribution in [2.45, 2.75) is 62.3 Å². The van der Waals surface area contributed by atoms with E-state index in [1.165, 1.54) is 25.7 Å². The summed E-state index contributed by atoms with van der Waals surface area (Å²) in [6.07, 6.45) is 8.12. The smallest absolute Gasteiger partial charge is 0.0707 e. The number of fused-ring (bicyclic) bond motifs is 2. The van der Waals surface area contributed by atoms with Crippen LogP contribution in [-0.4, -0.2) is 60.5 Å². The lowest BCUT2D eigenvalue weighted by atomic mass is 9.79. The predicted molar refractivity (Wildman–Crippen MR) is 70.6 cm³/mol. The minimum atomic E-state index is -0.0414. The maximum atomic E-state index is 9.67. The van der Waals surface area contributed by atoms with E-state index in [1.807, 2.05) is 7.05 Å². The molecule has 3 rings (SSSR count). The Morgan fingerprint density at radius 3 is 2.61 bits per heavy atom. The van der Waals surface area contributed by atoms with Crippen LogP contribution in [0.2, 0.25) is 0 Å². The monoisotopic (exact) mass is 254 g/mol. The van der Waals surface area contributed by atoms with Gasteiger partial charge in [0.25, 0.3) is 0 Å². The van der Waals surface area contributed by atoms with E-state index in [-0.39, 0.29) is 12.1 Å². The third-order valence-electron chi connectivity index (χ3n) is 5.24. The van der Waals surface area contributed by atoms with Crippen molar-refractivity contribution < 1.29 is 9.84 Å². The molecule has 4 unspecified atom stereocenters. The SMILES string of the molecule is CNC1(CO)CCCC(N2CC3CCC(C2)O3)C1. The zero-order valence-corrected chi connectivity index (χ0v) is 11.4. The highest BCUT2D eigenvalue weighted by Gasteiger charge is 2.41. The quantitative estimate of drug-likeness (QED) is 0.780. The molecule has 0 spiro atoms. The summed E-state index contributed by atoms with van der Waals surface area (Å²) in [6.45, 7) is 2.47. The van der Waals surface area contributed by atoms with Crippen LogP contribution in [0.25, 0.3) is 0 Å². The summed E-state index contributed by atoms with van der Waals surface area (Å²) in [4.78, 5) is 2.63. The second kappa shape index (κ2) is 5.08. The molecule has 18 heavy (non-hydrogen) atoms. The van der Waals surface area contributed by atoms with Crippen molar-refractivity contribution >= 4 is 0 Å². The minimum Gasteiger partial charge on any atom is -0.394 e. The van der Waals surface area contributed by atoms with Gasteiger partial charge in [0.15, 0.2) is 0 Å². The largest absolute Gasteiger partial charge is 0.394 e. The average Bonchev–Trinajstić information content (AvgIpc) is 2.77. The van der Waals surface area contributed by atoms with E-state index in [2.05, 4.69) is 10.2 Å². The Bertz CT molecular complexity index is 282. The maximum Gasteiger partial charge on any atom is 0.0707 e. The third kappa shape index (κ3) is 2.31. The number of hydrogen-bond acceptors (Lipinski definition) is 4. The summed E-state index contributed by atoms with van der Waals surface area (Å²) in [7, 11) is 1.99. The Kier molecular flexibility index (Phi) is 3.63. The van der Waals surface area contributed by atoms with Crippen molar-refractivity contribution in [1.82, 2.24) is 10.2 Å². The average molecular weight is 254 g/mol. The first-order valence-corrected chi connectivity index (χ1v) is 7.44. The second-order valence-electron chi connectivity index (χ2n) is 6.35. The zero-order chi connectivity index (χ0) is 12.6. The van der Waals surface area contributed by atoms with Gasteiger partial charge in [-0.2, -0.15) is 0 Å². The Hall–Kier alpha value is -0.160. The van der Waals surface area contributed by atoms with E-state index in [4.69, 9.17) is 4.74 Å². The molecule has 2 N–H and O–H groups in total. The standard InChI is InChI=1S/C14H26N2O2/c1-15-14(10-17)6-2-3-11(7-14)16-8-12-4-5-13(9-16)18-12/h11-13,15,17H,2-10H2,1H3. The van der Waals surface area contributed by atoms with Gasteiger partial charge in [0, 0.05) is 24.7 Å². The number of nitrogens with zero attached hydrogens (tertiary/aromatic N) is 1. The van der Waals surface area contributed by atoms with Crippen LogP contribution in [-0.2, 0) is 4.74 Å². The Labute approximate surface area is 110 Å². The van der Waals surface area contributed by atoms with E-state index < -0.39 is 0 Å². The normalized spacial score (nSPS) is 45.3. The molecule has 1 aliphatic carbocycles. The fourth-order valence-electron chi connectivity index (χ4n) is 4.04. The molecule has 2 saturated heterocycles. The fraction of sp³-hybridized carbons (Fsp3) is 1.00. The summed E-state index contributed by atoms with van der Waals surface area (Å²) in [6, 6.07) is 0.630. The number of morpholine rings is 1. The molecule has 0 aromatic heterocycles. The van der Waals surface area contributed by atoms with E-state index in [1.54, 1.807) is 0 Å². The van der Waals surface area contributed by atoms with Gasteiger partial charge in [-0.15, -0.1) is 0 Å². The molecule has 0 amide bonds. The van der Waals surface area contributed by atoms with E-state index in [9.17, 15) is 5.11 Å². The van der Waals surface area contributed by atoms with E-state index >= 15 is 0 Å². The molecule has 3 aliphatic rings. The van der Waals surface area contributed by atoms with Gasteiger partial charge in [-0.3, -0.25) is 4.90 Å². The lowest BCUT2D eigenvalue weighted by Crippen LogP contribution is -2.57. The number of rotatable bonds is 3. The molecule has 2 heterocycles. The first-order chi connectivity index (χ1) is 8.74. The van der Waals surface area contributed by atoms with Crippen LogP contribution in [0.1, 0.15) is 38.5 Å². The van der Waals surface area contributed by atoms with Gasteiger partial charge in [0.2, 0.25) is 0 Å². The van der Waals surface area contributed by atoms with Gasteiger partial charge in [0.1, 0.15) is 0 Å². The van der Waals surface area contributed by atoms with Crippen LogP contribution in [0.5, 0.6) is 0 Å². The van der Waals surface area contributed by atoms with Crippen molar-refractivity contribution in [1.29, 1.82) is 0 Å². The van der Waals surface area contributed by atoms with E-state index in [0.717, 1.165) is 25.9 Å².